The third-order valence-electron chi connectivity index (χ3n) is 4.06. The molecule has 1 aromatic heterocycles. The summed E-state index contributed by atoms with van der Waals surface area (Å²) in [5.41, 5.74) is 2.04. The zero-order chi connectivity index (χ0) is 14.8. The van der Waals surface area contributed by atoms with Crippen LogP contribution in [-0.2, 0) is 6.54 Å². The van der Waals surface area contributed by atoms with E-state index >= 15 is 0 Å². The van der Waals surface area contributed by atoms with Crippen molar-refractivity contribution in [3.63, 3.8) is 0 Å². The fourth-order valence-corrected chi connectivity index (χ4v) is 2.81. The first kappa shape index (κ1) is 13.8. The normalized spacial score (nSPS) is 19.9. The largest absolute Gasteiger partial charge is 0.465 e. The molecule has 5 heteroatoms. The first-order valence-corrected chi connectivity index (χ1v) is 7.20. The van der Waals surface area contributed by atoms with Gasteiger partial charge in [0.2, 0.25) is 0 Å². The van der Waals surface area contributed by atoms with Crippen molar-refractivity contribution < 1.29 is 9.90 Å². The molecule has 0 aliphatic carbocycles. The molecular formula is C16H19N3O2. The molecule has 1 amide bonds. The van der Waals surface area contributed by atoms with Crippen molar-refractivity contribution in [1.82, 2.24) is 14.8 Å². The van der Waals surface area contributed by atoms with E-state index in [9.17, 15) is 4.79 Å². The summed E-state index contributed by atoms with van der Waals surface area (Å²) in [6.45, 7) is 4.70. The molecule has 2 aromatic rings. The highest BCUT2D eigenvalue weighted by Crippen LogP contribution is 2.16. The average Bonchev–Trinajstić information content (AvgIpc) is 2.49. The van der Waals surface area contributed by atoms with E-state index < -0.39 is 6.09 Å². The standard InChI is InChI=1S/C16H19N3O2/c1-12-10-19(16(20)21)9-8-18(12)11-14-7-6-13-4-2-3-5-15(13)17-14/h2-7,12H,8-11H2,1H3,(H,20,21)/t12-/m0/s1. The molecule has 3 rings (SSSR count). The maximum atomic E-state index is 11.0. The van der Waals surface area contributed by atoms with E-state index in [4.69, 9.17) is 5.11 Å². The van der Waals surface area contributed by atoms with E-state index in [0.29, 0.717) is 13.1 Å². The van der Waals surface area contributed by atoms with Crippen molar-refractivity contribution in [3.8, 4) is 0 Å². The van der Waals surface area contributed by atoms with Crippen LogP contribution < -0.4 is 0 Å². The number of aromatic nitrogens is 1. The Morgan fingerprint density at radius 2 is 2.10 bits per heavy atom. The van der Waals surface area contributed by atoms with Crippen LogP contribution in [0.4, 0.5) is 4.79 Å². The Hall–Kier alpha value is -2.14. The number of fused-ring (bicyclic) bond motifs is 1. The number of hydrogen-bond acceptors (Lipinski definition) is 3. The first-order valence-electron chi connectivity index (χ1n) is 7.20. The number of piperazine rings is 1. The number of benzene rings is 1. The summed E-state index contributed by atoms with van der Waals surface area (Å²) in [6, 6.07) is 12.4. The number of carbonyl (C=O) groups is 1. The number of para-hydroxylation sites is 1. The second kappa shape index (κ2) is 5.69. The van der Waals surface area contributed by atoms with Crippen LogP contribution in [0.1, 0.15) is 12.6 Å². The Labute approximate surface area is 123 Å². The lowest BCUT2D eigenvalue weighted by molar-refractivity contribution is 0.0706. The van der Waals surface area contributed by atoms with Crippen LogP contribution in [0, 0.1) is 0 Å². The number of nitrogens with zero attached hydrogens (tertiary/aromatic N) is 3. The lowest BCUT2D eigenvalue weighted by Gasteiger charge is -2.38. The van der Waals surface area contributed by atoms with Gasteiger partial charge < -0.3 is 10.0 Å². The number of amides is 1. The second-order valence-electron chi connectivity index (χ2n) is 5.54. The number of rotatable bonds is 2. The molecule has 0 saturated carbocycles. The molecule has 1 saturated heterocycles. The Balaban J connectivity index is 1.72. The van der Waals surface area contributed by atoms with Crippen LogP contribution in [0.3, 0.4) is 0 Å². The van der Waals surface area contributed by atoms with E-state index in [0.717, 1.165) is 29.7 Å². The van der Waals surface area contributed by atoms with Crippen molar-refractivity contribution in [2.24, 2.45) is 0 Å². The van der Waals surface area contributed by atoms with Gasteiger partial charge in [-0.2, -0.15) is 0 Å². The first-order chi connectivity index (χ1) is 10.1. The number of hydrogen-bond donors (Lipinski definition) is 1. The predicted octanol–water partition coefficient (Wildman–Crippen LogP) is 2.42. The van der Waals surface area contributed by atoms with Crippen molar-refractivity contribution >= 4 is 17.0 Å². The zero-order valence-electron chi connectivity index (χ0n) is 12.1. The Morgan fingerprint density at radius 3 is 2.86 bits per heavy atom. The molecule has 21 heavy (non-hydrogen) atoms. The second-order valence-corrected chi connectivity index (χ2v) is 5.54. The molecule has 5 nitrogen and oxygen atoms in total. The third kappa shape index (κ3) is 2.97. The smallest absolute Gasteiger partial charge is 0.407 e. The molecule has 2 heterocycles. The van der Waals surface area contributed by atoms with Crippen LogP contribution in [0.15, 0.2) is 36.4 Å². The highest BCUT2D eigenvalue weighted by molar-refractivity contribution is 5.78. The molecule has 1 aliphatic heterocycles. The monoisotopic (exact) mass is 285 g/mol. The maximum Gasteiger partial charge on any atom is 0.407 e. The Bertz CT molecular complexity index is 659. The highest BCUT2D eigenvalue weighted by Gasteiger charge is 2.26. The van der Waals surface area contributed by atoms with Gasteiger partial charge >= 0.3 is 6.09 Å². The van der Waals surface area contributed by atoms with Gasteiger partial charge in [-0.15, -0.1) is 0 Å². The van der Waals surface area contributed by atoms with E-state index in [1.807, 2.05) is 18.2 Å². The summed E-state index contributed by atoms with van der Waals surface area (Å²) in [7, 11) is 0. The summed E-state index contributed by atoms with van der Waals surface area (Å²) in [6.07, 6.45) is -0.828. The molecule has 0 bridgehead atoms. The molecule has 110 valence electrons. The van der Waals surface area contributed by atoms with Gasteiger partial charge in [-0.25, -0.2) is 4.79 Å². The maximum absolute atomic E-state index is 11.0. The summed E-state index contributed by atoms with van der Waals surface area (Å²) in [4.78, 5) is 19.5. The van der Waals surface area contributed by atoms with Gasteiger partial charge in [0.15, 0.2) is 0 Å². The van der Waals surface area contributed by atoms with Crippen molar-refractivity contribution in [2.45, 2.75) is 19.5 Å². The molecule has 1 fully saturated rings. The van der Waals surface area contributed by atoms with Gasteiger partial charge in [0, 0.05) is 37.6 Å². The van der Waals surface area contributed by atoms with Crippen molar-refractivity contribution in [2.75, 3.05) is 19.6 Å². The van der Waals surface area contributed by atoms with E-state index in [-0.39, 0.29) is 6.04 Å². The lowest BCUT2D eigenvalue weighted by Crippen LogP contribution is -2.52. The molecular weight excluding hydrogens is 266 g/mol. The van der Waals surface area contributed by atoms with E-state index in [2.05, 4.69) is 35.0 Å². The fraction of sp³-hybridized carbons (Fsp3) is 0.375. The van der Waals surface area contributed by atoms with Crippen LogP contribution >= 0.6 is 0 Å². The molecule has 1 atom stereocenters. The van der Waals surface area contributed by atoms with Crippen LogP contribution in [0.2, 0.25) is 0 Å². The summed E-state index contributed by atoms with van der Waals surface area (Å²) in [5, 5.41) is 10.2. The number of pyridine rings is 1. The van der Waals surface area contributed by atoms with Gasteiger partial charge in [-0.3, -0.25) is 9.88 Å². The Kier molecular flexibility index (Phi) is 3.75. The SMILES string of the molecule is C[C@H]1CN(C(=O)O)CCN1Cc1ccc2ccccc2n1. The lowest BCUT2D eigenvalue weighted by atomic mass is 10.1. The van der Waals surface area contributed by atoms with Crippen LogP contribution in [0.25, 0.3) is 10.9 Å². The minimum absolute atomic E-state index is 0.211. The summed E-state index contributed by atoms with van der Waals surface area (Å²) < 4.78 is 0. The minimum Gasteiger partial charge on any atom is -0.465 e. The highest BCUT2D eigenvalue weighted by atomic mass is 16.4. The summed E-state index contributed by atoms with van der Waals surface area (Å²) >= 11 is 0. The zero-order valence-corrected chi connectivity index (χ0v) is 12.1. The molecule has 1 aliphatic rings. The average molecular weight is 285 g/mol. The van der Waals surface area contributed by atoms with Crippen molar-refractivity contribution in [1.29, 1.82) is 0 Å². The Morgan fingerprint density at radius 1 is 1.29 bits per heavy atom. The third-order valence-corrected chi connectivity index (χ3v) is 4.06. The molecule has 0 radical (unpaired) electrons. The topological polar surface area (TPSA) is 56.7 Å². The fourth-order valence-electron chi connectivity index (χ4n) is 2.81. The van der Waals surface area contributed by atoms with Gasteiger partial charge in [-0.05, 0) is 19.1 Å². The minimum atomic E-state index is -0.828. The van der Waals surface area contributed by atoms with Crippen molar-refractivity contribution in [3.05, 3.63) is 42.1 Å². The van der Waals surface area contributed by atoms with Crippen LogP contribution in [-0.4, -0.2) is 51.7 Å². The van der Waals surface area contributed by atoms with Gasteiger partial charge in [0.1, 0.15) is 0 Å². The molecule has 1 aromatic carbocycles. The van der Waals surface area contributed by atoms with E-state index in [1.54, 1.807) is 0 Å². The van der Waals surface area contributed by atoms with Gasteiger partial charge in [-0.1, -0.05) is 24.3 Å². The van der Waals surface area contributed by atoms with Gasteiger partial charge in [0.25, 0.3) is 0 Å². The van der Waals surface area contributed by atoms with Crippen LogP contribution in [0.5, 0.6) is 0 Å². The predicted molar refractivity (Wildman–Crippen MR) is 81.2 cm³/mol. The summed E-state index contributed by atoms with van der Waals surface area (Å²) in [5.74, 6) is 0. The molecule has 0 unspecified atom stereocenters. The number of carboxylic acid groups (broad SMARTS) is 1. The van der Waals surface area contributed by atoms with E-state index in [1.165, 1.54) is 4.90 Å². The molecule has 0 spiro atoms. The van der Waals surface area contributed by atoms with Gasteiger partial charge in [0.05, 0.1) is 11.2 Å². The molecule has 1 N–H and O–H groups in total. The quantitative estimate of drug-likeness (QED) is 0.920.